The number of ether oxygens (including phenoxy) is 2. The number of carbonyl (C=O) groups is 2. The Bertz CT molecular complexity index is 1560. The molecule has 182 valence electrons. The average molecular weight is 565 g/mol. The Hall–Kier alpha value is -3.69. The average Bonchev–Trinajstić information content (AvgIpc) is 3.41. The Morgan fingerprint density at radius 2 is 1.86 bits per heavy atom. The summed E-state index contributed by atoms with van der Waals surface area (Å²) >= 11 is 4.74. The molecule has 9 heteroatoms. The fraction of sp³-hybridized carbons (Fsp3) is 0.148. The van der Waals surface area contributed by atoms with Crippen molar-refractivity contribution in [2.45, 2.75) is 13.0 Å². The zero-order valence-electron chi connectivity index (χ0n) is 19.6. The van der Waals surface area contributed by atoms with Crippen LogP contribution in [0.1, 0.15) is 22.7 Å². The van der Waals surface area contributed by atoms with Crippen molar-refractivity contribution >= 4 is 60.1 Å². The summed E-state index contributed by atoms with van der Waals surface area (Å²) < 4.78 is 12.2. The van der Waals surface area contributed by atoms with Gasteiger partial charge in [-0.2, -0.15) is 0 Å². The predicted octanol–water partition coefficient (Wildman–Crippen LogP) is 6.01. The summed E-state index contributed by atoms with van der Waals surface area (Å²) in [5, 5.41) is 11.7. The molecule has 3 aromatic carbocycles. The quantitative estimate of drug-likeness (QED) is 0.181. The third-order valence-electron chi connectivity index (χ3n) is 6.02. The van der Waals surface area contributed by atoms with Crippen molar-refractivity contribution in [1.29, 1.82) is 0 Å². The largest absolute Gasteiger partial charge is 0.507 e. The van der Waals surface area contributed by atoms with Crippen LogP contribution in [0.5, 0.6) is 11.5 Å². The molecule has 1 aliphatic heterocycles. The van der Waals surface area contributed by atoms with Gasteiger partial charge >= 0.3 is 5.91 Å². The van der Waals surface area contributed by atoms with Gasteiger partial charge in [0.15, 0.2) is 5.13 Å². The number of Topliss-reactive ketones (excluding diaryl/α,β-unsaturated/α-hetero) is 1. The number of aliphatic hydroxyl groups excluding tert-OH is 1. The van der Waals surface area contributed by atoms with Crippen molar-refractivity contribution in [2.24, 2.45) is 0 Å². The maximum absolute atomic E-state index is 13.4. The van der Waals surface area contributed by atoms with Crippen molar-refractivity contribution in [1.82, 2.24) is 4.98 Å². The van der Waals surface area contributed by atoms with Gasteiger partial charge in [0.25, 0.3) is 5.78 Å². The molecule has 1 N–H and O–H groups in total. The standard InChI is InChI=1S/C27H21BrN2O5S/c1-14-7-9-19-21(11-14)36-27(29-19)30-23(15-5-4-6-17(12-15)34-2)22(25(32)26(30)33)24(31)16-8-10-20(35-3)18(28)13-16/h4-13,23,31H,1-3H3/b24-22+. The number of hydrogen-bond acceptors (Lipinski definition) is 7. The van der Waals surface area contributed by atoms with Crippen molar-refractivity contribution in [3.05, 3.63) is 87.4 Å². The molecule has 1 amide bonds. The maximum Gasteiger partial charge on any atom is 0.301 e. The Balaban J connectivity index is 1.73. The maximum atomic E-state index is 13.4. The summed E-state index contributed by atoms with van der Waals surface area (Å²) in [6.45, 7) is 1.98. The van der Waals surface area contributed by atoms with Crippen LogP contribution in [0.25, 0.3) is 16.0 Å². The highest BCUT2D eigenvalue weighted by atomic mass is 79.9. The minimum Gasteiger partial charge on any atom is -0.507 e. The lowest BCUT2D eigenvalue weighted by Gasteiger charge is -2.23. The minimum atomic E-state index is -0.900. The number of aliphatic hydroxyl groups is 1. The lowest BCUT2D eigenvalue weighted by Crippen LogP contribution is -2.29. The van der Waals surface area contributed by atoms with E-state index in [2.05, 4.69) is 20.9 Å². The monoisotopic (exact) mass is 564 g/mol. The zero-order chi connectivity index (χ0) is 25.6. The van der Waals surface area contributed by atoms with E-state index >= 15 is 0 Å². The number of amides is 1. The van der Waals surface area contributed by atoms with Crippen LogP contribution in [0, 0.1) is 6.92 Å². The van der Waals surface area contributed by atoms with E-state index in [1.54, 1.807) is 49.6 Å². The summed E-state index contributed by atoms with van der Waals surface area (Å²) in [7, 11) is 3.08. The molecule has 0 radical (unpaired) electrons. The molecule has 4 aromatic rings. The molecule has 1 saturated heterocycles. The molecular weight excluding hydrogens is 544 g/mol. The summed E-state index contributed by atoms with van der Waals surface area (Å²) in [4.78, 5) is 32.9. The second kappa shape index (κ2) is 9.40. The van der Waals surface area contributed by atoms with Crippen molar-refractivity contribution in [3.63, 3.8) is 0 Å². The second-order valence-corrected chi connectivity index (χ2v) is 10.1. The van der Waals surface area contributed by atoms with Crippen LogP contribution in [-0.4, -0.2) is 36.0 Å². The number of ketones is 1. The molecule has 1 aliphatic rings. The van der Waals surface area contributed by atoms with Crippen LogP contribution in [0.4, 0.5) is 5.13 Å². The van der Waals surface area contributed by atoms with Crippen molar-refractivity contribution < 1.29 is 24.2 Å². The first kappa shape index (κ1) is 24.0. The second-order valence-electron chi connectivity index (χ2n) is 8.26. The Kier molecular flexibility index (Phi) is 6.27. The van der Waals surface area contributed by atoms with Gasteiger partial charge in [0.05, 0.1) is 40.5 Å². The summed E-state index contributed by atoms with van der Waals surface area (Å²) in [6.07, 6.45) is 0. The molecule has 7 nitrogen and oxygen atoms in total. The molecule has 0 saturated carbocycles. The number of thiazole rings is 1. The van der Waals surface area contributed by atoms with E-state index in [1.807, 2.05) is 25.1 Å². The van der Waals surface area contributed by atoms with Crippen LogP contribution in [0.2, 0.25) is 0 Å². The van der Waals surface area contributed by atoms with E-state index in [0.29, 0.717) is 32.2 Å². The Morgan fingerprint density at radius 3 is 2.58 bits per heavy atom. The summed E-state index contributed by atoms with van der Waals surface area (Å²) in [6, 6.07) is 17.0. The highest BCUT2D eigenvalue weighted by Crippen LogP contribution is 2.45. The van der Waals surface area contributed by atoms with Crippen molar-refractivity contribution in [3.8, 4) is 11.5 Å². The third-order valence-corrected chi connectivity index (χ3v) is 7.66. The van der Waals surface area contributed by atoms with Crippen LogP contribution in [0.15, 0.2) is 70.7 Å². The fourth-order valence-electron chi connectivity index (χ4n) is 4.25. The number of rotatable bonds is 5. The Morgan fingerprint density at radius 1 is 1.06 bits per heavy atom. The zero-order valence-corrected chi connectivity index (χ0v) is 22.0. The van der Waals surface area contributed by atoms with Gasteiger partial charge in [-0.1, -0.05) is 29.5 Å². The smallest absolute Gasteiger partial charge is 0.301 e. The third kappa shape index (κ3) is 4.04. The van der Waals surface area contributed by atoms with Gasteiger partial charge in [-0.3, -0.25) is 14.5 Å². The van der Waals surface area contributed by atoms with Crippen LogP contribution in [0.3, 0.4) is 0 Å². The lowest BCUT2D eigenvalue weighted by atomic mass is 9.95. The molecule has 36 heavy (non-hydrogen) atoms. The van der Waals surface area contributed by atoms with E-state index in [4.69, 9.17) is 9.47 Å². The topological polar surface area (TPSA) is 89.0 Å². The molecule has 1 fully saturated rings. The van der Waals surface area contributed by atoms with E-state index in [9.17, 15) is 14.7 Å². The number of aromatic nitrogens is 1. The molecule has 0 aliphatic carbocycles. The first-order chi connectivity index (χ1) is 17.3. The van der Waals surface area contributed by atoms with E-state index in [0.717, 1.165) is 15.8 Å². The van der Waals surface area contributed by atoms with Gasteiger partial charge in [-0.15, -0.1) is 0 Å². The molecular formula is C27H21BrN2O5S. The van der Waals surface area contributed by atoms with E-state index in [1.165, 1.54) is 23.3 Å². The number of methoxy groups -OCH3 is 2. The number of hydrogen-bond donors (Lipinski definition) is 1. The number of fused-ring (bicyclic) bond motifs is 1. The molecule has 2 heterocycles. The molecule has 5 rings (SSSR count). The van der Waals surface area contributed by atoms with Crippen molar-refractivity contribution in [2.75, 3.05) is 19.1 Å². The van der Waals surface area contributed by atoms with E-state index in [-0.39, 0.29) is 11.3 Å². The summed E-state index contributed by atoms with van der Waals surface area (Å²) in [5.41, 5.74) is 2.74. The molecule has 1 atom stereocenters. The fourth-order valence-corrected chi connectivity index (χ4v) is 5.88. The first-order valence-corrected chi connectivity index (χ1v) is 12.6. The van der Waals surface area contributed by atoms with Gasteiger partial charge in [-0.25, -0.2) is 4.98 Å². The van der Waals surface area contributed by atoms with E-state index < -0.39 is 17.7 Å². The van der Waals surface area contributed by atoms with Crippen LogP contribution in [-0.2, 0) is 9.59 Å². The Labute approximate surface area is 219 Å². The molecule has 1 aromatic heterocycles. The van der Waals surface area contributed by atoms with Crippen LogP contribution < -0.4 is 14.4 Å². The number of halogens is 1. The molecule has 0 bridgehead atoms. The number of anilines is 1. The van der Waals surface area contributed by atoms with Crippen LogP contribution >= 0.6 is 27.3 Å². The number of carbonyl (C=O) groups excluding carboxylic acids is 2. The highest BCUT2D eigenvalue weighted by molar-refractivity contribution is 9.10. The predicted molar refractivity (Wildman–Crippen MR) is 143 cm³/mol. The van der Waals surface area contributed by atoms with Gasteiger partial charge in [0.1, 0.15) is 17.3 Å². The first-order valence-electron chi connectivity index (χ1n) is 11.0. The number of aryl methyl sites for hydroxylation is 1. The van der Waals surface area contributed by atoms with Gasteiger partial charge in [0, 0.05) is 5.56 Å². The number of benzene rings is 3. The molecule has 1 unspecified atom stereocenters. The molecule has 0 spiro atoms. The highest BCUT2D eigenvalue weighted by Gasteiger charge is 2.48. The SMILES string of the molecule is COc1cccc(C2/C(=C(\O)c3ccc(OC)c(Br)c3)C(=O)C(=O)N2c2nc3ccc(C)cc3s2)c1. The van der Waals surface area contributed by atoms with Gasteiger partial charge in [-0.05, 0) is 76.4 Å². The van der Waals surface area contributed by atoms with Gasteiger partial charge < -0.3 is 14.6 Å². The minimum absolute atomic E-state index is 0.0271. The van der Waals surface area contributed by atoms with Gasteiger partial charge in [0.2, 0.25) is 0 Å². The summed E-state index contributed by atoms with van der Waals surface area (Å²) in [5.74, 6) is -0.703. The number of nitrogens with zero attached hydrogens (tertiary/aromatic N) is 2. The normalized spacial score (nSPS) is 17.1. The lowest BCUT2D eigenvalue weighted by molar-refractivity contribution is -0.132.